The third kappa shape index (κ3) is 8.06. The molecule has 3 heteroatoms. The summed E-state index contributed by atoms with van der Waals surface area (Å²) >= 11 is 2.07. The number of unbranched alkanes of at least 4 members (excludes halogenated alkanes) is 3. The average molecular weight is 259 g/mol. The molecule has 1 rings (SSSR count). The third-order valence-corrected chi connectivity index (χ3v) is 4.45. The fourth-order valence-electron chi connectivity index (χ4n) is 2.31. The van der Waals surface area contributed by atoms with E-state index < -0.39 is 0 Å². The van der Waals surface area contributed by atoms with Crippen LogP contribution in [-0.4, -0.2) is 47.3 Å². The van der Waals surface area contributed by atoms with Crippen LogP contribution in [0, 0.1) is 0 Å². The maximum Gasteiger partial charge on any atom is 0.0540 e. The molecule has 0 bridgehead atoms. The van der Waals surface area contributed by atoms with Crippen molar-refractivity contribution in [2.75, 3.05) is 31.1 Å². The van der Waals surface area contributed by atoms with Crippen LogP contribution in [0.2, 0.25) is 0 Å². The normalized spacial score (nSPS) is 19.4. The van der Waals surface area contributed by atoms with Crippen molar-refractivity contribution in [2.45, 2.75) is 58.0 Å². The first-order valence-electron chi connectivity index (χ1n) is 7.31. The number of nitrogens with zero attached hydrogens (tertiary/aromatic N) is 1. The molecule has 1 atom stereocenters. The monoisotopic (exact) mass is 259 g/mol. The van der Waals surface area contributed by atoms with E-state index in [1.165, 1.54) is 63.2 Å². The standard InChI is InChI=1S/C14H29NOS/c1-2-3-4-7-14(16)8-5-6-9-15-10-12-17-13-11-15/h14,16H,2-13H2,1H3/t14-/m0/s1. The first-order valence-corrected chi connectivity index (χ1v) is 8.46. The van der Waals surface area contributed by atoms with Crippen molar-refractivity contribution >= 4 is 11.8 Å². The number of aliphatic hydroxyl groups is 1. The third-order valence-electron chi connectivity index (χ3n) is 3.51. The summed E-state index contributed by atoms with van der Waals surface area (Å²) in [6, 6.07) is 0. The van der Waals surface area contributed by atoms with Gasteiger partial charge < -0.3 is 10.0 Å². The molecule has 1 fully saturated rings. The summed E-state index contributed by atoms with van der Waals surface area (Å²) in [6.07, 6.45) is 8.13. The Bertz CT molecular complexity index is 172. The second-order valence-electron chi connectivity index (χ2n) is 5.10. The molecule has 0 saturated carbocycles. The lowest BCUT2D eigenvalue weighted by molar-refractivity contribution is 0.145. The Hall–Kier alpha value is 0.270. The van der Waals surface area contributed by atoms with E-state index in [2.05, 4.69) is 23.6 Å². The summed E-state index contributed by atoms with van der Waals surface area (Å²) in [5.41, 5.74) is 0. The number of hydrogen-bond donors (Lipinski definition) is 1. The smallest absolute Gasteiger partial charge is 0.0540 e. The molecule has 0 aromatic heterocycles. The number of hydrogen-bond acceptors (Lipinski definition) is 3. The van der Waals surface area contributed by atoms with E-state index in [1.54, 1.807) is 0 Å². The van der Waals surface area contributed by atoms with E-state index in [-0.39, 0.29) is 6.10 Å². The van der Waals surface area contributed by atoms with Gasteiger partial charge in [0.05, 0.1) is 6.10 Å². The van der Waals surface area contributed by atoms with Gasteiger partial charge in [-0.25, -0.2) is 0 Å². The van der Waals surface area contributed by atoms with Gasteiger partial charge in [-0.05, 0) is 32.2 Å². The van der Waals surface area contributed by atoms with Gasteiger partial charge in [-0.2, -0.15) is 11.8 Å². The number of rotatable bonds is 9. The Morgan fingerprint density at radius 3 is 2.35 bits per heavy atom. The Morgan fingerprint density at radius 2 is 1.71 bits per heavy atom. The lowest BCUT2D eigenvalue weighted by Crippen LogP contribution is -2.33. The zero-order valence-electron chi connectivity index (χ0n) is 11.4. The summed E-state index contributed by atoms with van der Waals surface area (Å²) in [4.78, 5) is 2.57. The zero-order valence-corrected chi connectivity index (χ0v) is 12.2. The quantitative estimate of drug-likeness (QED) is 0.644. The van der Waals surface area contributed by atoms with Crippen molar-refractivity contribution < 1.29 is 5.11 Å². The molecule has 17 heavy (non-hydrogen) atoms. The summed E-state index contributed by atoms with van der Waals surface area (Å²) in [5.74, 6) is 2.61. The number of thioether (sulfide) groups is 1. The van der Waals surface area contributed by atoms with Gasteiger partial charge in [0, 0.05) is 24.6 Å². The van der Waals surface area contributed by atoms with Gasteiger partial charge in [-0.15, -0.1) is 0 Å². The molecular formula is C14H29NOS. The Labute approximate surface area is 111 Å². The molecule has 1 N–H and O–H groups in total. The molecule has 1 saturated heterocycles. The molecule has 0 aromatic carbocycles. The van der Waals surface area contributed by atoms with Crippen molar-refractivity contribution in [3.63, 3.8) is 0 Å². The van der Waals surface area contributed by atoms with Gasteiger partial charge in [0.25, 0.3) is 0 Å². The van der Waals surface area contributed by atoms with Crippen LogP contribution in [0.25, 0.3) is 0 Å². The average Bonchev–Trinajstić information content (AvgIpc) is 2.36. The van der Waals surface area contributed by atoms with Crippen LogP contribution >= 0.6 is 11.8 Å². The largest absolute Gasteiger partial charge is 0.393 e. The van der Waals surface area contributed by atoms with Gasteiger partial charge in [-0.3, -0.25) is 0 Å². The van der Waals surface area contributed by atoms with E-state index >= 15 is 0 Å². The molecule has 0 spiro atoms. The maximum atomic E-state index is 9.80. The highest BCUT2D eigenvalue weighted by molar-refractivity contribution is 7.99. The van der Waals surface area contributed by atoms with E-state index in [4.69, 9.17) is 0 Å². The van der Waals surface area contributed by atoms with Crippen LogP contribution in [-0.2, 0) is 0 Å². The minimum atomic E-state index is -0.0431. The first-order chi connectivity index (χ1) is 8.33. The fraction of sp³-hybridized carbons (Fsp3) is 1.00. The molecule has 1 aliphatic heterocycles. The zero-order chi connectivity index (χ0) is 12.3. The molecule has 1 aliphatic rings. The Balaban J connectivity index is 1.88. The minimum absolute atomic E-state index is 0.0431. The maximum absolute atomic E-state index is 9.80. The topological polar surface area (TPSA) is 23.5 Å². The second kappa shape index (κ2) is 10.2. The van der Waals surface area contributed by atoms with Crippen LogP contribution in [0.4, 0.5) is 0 Å². The lowest BCUT2D eigenvalue weighted by Gasteiger charge is -2.26. The highest BCUT2D eigenvalue weighted by Gasteiger charge is 2.10. The van der Waals surface area contributed by atoms with Gasteiger partial charge in [-0.1, -0.05) is 26.2 Å². The molecule has 0 amide bonds. The lowest BCUT2D eigenvalue weighted by atomic mass is 10.1. The van der Waals surface area contributed by atoms with E-state index in [9.17, 15) is 5.11 Å². The van der Waals surface area contributed by atoms with E-state index in [1.807, 2.05) is 0 Å². The SMILES string of the molecule is CCCCC[C@H](O)CCCCN1CCSCC1. The second-order valence-corrected chi connectivity index (χ2v) is 6.32. The van der Waals surface area contributed by atoms with Crippen molar-refractivity contribution in [3.8, 4) is 0 Å². The fourth-order valence-corrected chi connectivity index (χ4v) is 3.29. The van der Waals surface area contributed by atoms with Crippen LogP contribution < -0.4 is 0 Å². The molecule has 1 heterocycles. The van der Waals surface area contributed by atoms with Crippen LogP contribution in [0.5, 0.6) is 0 Å². The van der Waals surface area contributed by atoms with Crippen LogP contribution in [0.3, 0.4) is 0 Å². The first kappa shape index (κ1) is 15.3. The summed E-state index contributed by atoms with van der Waals surface area (Å²) < 4.78 is 0. The molecule has 0 aliphatic carbocycles. The number of aliphatic hydroxyl groups excluding tert-OH is 1. The van der Waals surface area contributed by atoms with Crippen molar-refractivity contribution in [1.82, 2.24) is 4.90 Å². The molecule has 2 nitrogen and oxygen atoms in total. The van der Waals surface area contributed by atoms with Gasteiger partial charge in [0.1, 0.15) is 0 Å². The van der Waals surface area contributed by atoms with Gasteiger partial charge >= 0.3 is 0 Å². The van der Waals surface area contributed by atoms with Gasteiger partial charge in [0.15, 0.2) is 0 Å². The molecule has 0 aromatic rings. The van der Waals surface area contributed by atoms with Crippen LogP contribution in [0.1, 0.15) is 51.9 Å². The van der Waals surface area contributed by atoms with Crippen molar-refractivity contribution in [3.05, 3.63) is 0 Å². The Kier molecular flexibility index (Phi) is 9.21. The van der Waals surface area contributed by atoms with Crippen LogP contribution in [0.15, 0.2) is 0 Å². The highest BCUT2D eigenvalue weighted by Crippen LogP contribution is 2.12. The highest BCUT2D eigenvalue weighted by atomic mass is 32.2. The summed E-state index contributed by atoms with van der Waals surface area (Å²) in [7, 11) is 0. The molecular weight excluding hydrogens is 230 g/mol. The van der Waals surface area contributed by atoms with Crippen molar-refractivity contribution in [2.24, 2.45) is 0 Å². The summed E-state index contributed by atoms with van der Waals surface area (Å²) in [5, 5.41) is 9.80. The molecule has 0 radical (unpaired) electrons. The van der Waals surface area contributed by atoms with E-state index in [0.717, 1.165) is 12.8 Å². The predicted octanol–water partition coefficient (Wildman–Crippen LogP) is 3.15. The van der Waals surface area contributed by atoms with Crippen molar-refractivity contribution in [1.29, 1.82) is 0 Å². The molecule has 0 unspecified atom stereocenters. The minimum Gasteiger partial charge on any atom is -0.393 e. The molecule has 102 valence electrons. The van der Waals surface area contributed by atoms with E-state index in [0.29, 0.717) is 0 Å². The Morgan fingerprint density at radius 1 is 1.06 bits per heavy atom. The van der Waals surface area contributed by atoms with Gasteiger partial charge in [0.2, 0.25) is 0 Å². The summed E-state index contributed by atoms with van der Waals surface area (Å²) in [6.45, 7) is 5.99. The predicted molar refractivity (Wildman–Crippen MR) is 77.8 cm³/mol.